The Kier molecular flexibility index (Phi) is 9.07. The molecule has 38 heavy (non-hydrogen) atoms. The van der Waals surface area contributed by atoms with E-state index in [9.17, 15) is 37.8 Å². The molecule has 3 amide bonds. The molecule has 202 valence electrons. The highest BCUT2D eigenvalue weighted by Crippen LogP contribution is 2.27. The van der Waals surface area contributed by atoms with Crippen molar-refractivity contribution < 1.29 is 42.5 Å². The third kappa shape index (κ3) is 7.32. The van der Waals surface area contributed by atoms with E-state index in [4.69, 9.17) is 4.74 Å². The number of nitrogens with one attached hydrogen (secondary N) is 3. The average Bonchev–Trinajstić information content (AvgIpc) is 3.12. The van der Waals surface area contributed by atoms with Gasteiger partial charge in [-0.15, -0.1) is 0 Å². The molecule has 0 bridgehead atoms. The standard InChI is InChI=1S/C25H27N3O9S/c1-15(29)27-18(13-16-7-9-17(10-8-16)21-14-22(31)28-38(21,35)36)24(32)26-11-2-3-12-37-20-6-4-5-19(30)23(20)25(33)34/h4-10,14,18,30H,2-3,11-13H2,1H3,(H,26,32)(H,27,29)(H,28,31)(H,33,34)/t18-/m0/s1. The lowest BCUT2D eigenvalue weighted by molar-refractivity contribution is -0.128. The lowest BCUT2D eigenvalue weighted by atomic mass is 10.0. The smallest absolute Gasteiger partial charge is 0.343 e. The minimum absolute atomic E-state index is 0.0444. The molecule has 1 aliphatic rings. The minimum Gasteiger partial charge on any atom is -0.507 e. The van der Waals surface area contributed by atoms with E-state index in [-0.39, 0.29) is 35.8 Å². The first-order valence-corrected chi connectivity index (χ1v) is 13.1. The summed E-state index contributed by atoms with van der Waals surface area (Å²) in [5, 5.41) is 24.2. The summed E-state index contributed by atoms with van der Waals surface area (Å²) in [6, 6.07) is 9.55. The largest absolute Gasteiger partial charge is 0.507 e. The fourth-order valence-electron chi connectivity index (χ4n) is 3.75. The summed E-state index contributed by atoms with van der Waals surface area (Å²) in [7, 11) is -3.90. The predicted molar refractivity (Wildman–Crippen MR) is 136 cm³/mol. The van der Waals surface area contributed by atoms with Crippen LogP contribution in [0.15, 0.2) is 48.5 Å². The number of hydrogen-bond acceptors (Lipinski definition) is 8. The summed E-state index contributed by atoms with van der Waals surface area (Å²) >= 11 is 0. The van der Waals surface area contributed by atoms with Crippen molar-refractivity contribution in [3.8, 4) is 11.5 Å². The first-order valence-electron chi connectivity index (χ1n) is 11.6. The molecule has 1 aliphatic heterocycles. The number of aromatic carboxylic acids is 1. The van der Waals surface area contributed by atoms with Crippen LogP contribution in [0.25, 0.3) is 4.91 Å². The van der Waals surface area contributed by atoms with Gasteiger partial charge in [0.15, 0.2) is 0 Å². The van der Waals surface area contributed by atoms with Gasteiger partial charge in [0, 0.05) is 26.0 Å². The van der Waals surface area contributed by atoms with Gasteiger partial charge in [0.05, 0.1) is 6.61 Å². The number of carbonyl (C=O) groups excluding carboxylic acids is 3. The number of carbonyl (C=O) groups is 4. The zero-order chi connectivity index (χ0) is 27.9. The van der Waals surface area contributed by atoms with E-state index >= 15 is 0 Å². The maximum atomic E-state index is 12.7. The van der Waals surface area contributed by atoms with Crippen molar-refractivity contribution in [1.29, 1.82) is 0 Å². The third-order valence-corrected chi connectivity index (χ3v) is 6.91. The molecule has 0 unspecified atom stereocenters. The van der Waals surface area contributed by atoms with Gasteiger partial charge < -0.3 is 25.6 Å². The van der Waals surface area contributed by atoms with Crippen LogP contribution >= 0.6 is 0 Å². The molecule has 0 spiro atoms. The molecule has 2 aromatic carbocycles. The quantitative estimate of drug-likeness (QED) is 0.242. The van der Waals surface area contributed by atoms with Gasteiger partial charge in [-0.2, -0.15) is 0 Å². The van der Waals surface area contributed by atoms with E-state index < -0.39 is 45.5 Å². The number of rotatable bonds is 12. The Labute approximate surface area is 218 Å². The zero-order valence-corrected chi connectivity index (χ0v) is 21.2. The second-order valence-electron chi connectivity index (χ2n) is 8.43. The van der Waals surface area contributed by atoms with Gasteiger partial charge in [-0.05, 0) is 36.1 Å². The van der Waals surface area contributed by atoms with Crippen molar-refractivity contribution in [2.24, 2.45) is 0 Å². The van der Waals surface area contributed by atoms with Crippen LogP contribution in [0.5, 0.6) is 11.5 Å². The summed E-state index contributed by atoms with van der Waals surface area (Å²) in [4.78, 5) is 46.9. The van der Waals surface area contributed by atoms with Crippen LogP contribution in [-0.2, 0) is 30.8 Å². The number of phenols is 1. The van der Waals surface area contributed by atoms with Crippen molar-refractivity contribution >= 4 is 38.6 Å². The van der Waals surface area contributed by atoms with E-state index in [0.717, 1.165) is 6.08 Å². The molecule has 0 fully saturated rings. The van der Waals surface area contributed by atoms with Gasteiger partial charge >= 0.3 is 5.97 Å². The fourth-order valence-corrected chi connectivity index (χ4v) is 4.89. The van der Waals surface area contributed by atoms with Crippen molar-refractivity contribution in [2.45, 2.75) is 32.2 Å². The Morgan fingerprint density at radius 2 is 1.79 bits per heavy atom. The van der Waals surface area contributed by atoms with Gasteiger partial charge in [-0.3, -0.25) is 14.4 Å². The number of hydrogen-bond donors (Lipinski definition) is 5. The molecule has 0 aliphatic carbocycles. The second-order valence-corrected chi connectivity index (χ2v) is 10.1. The number of carboxylic acids is 1. The van der Waals surface area contributed by atoms with E-state index in [1.54, 1.807) is 12.1 Å². The molecule has 0 saturated carbocycles. The van der Waals surface area contributed by atoms with Crippen molar-refractivity contribution in [2.75, 3.05) is 13.2 Å². The molecule has 3 rings (SSSR count). The molecular formula is C25H27N3O9S. The van der Waals surface area contributed by atoms with Gasteiger partial charge in [0.2, 0.25) is 11.8 Å². The van der Waals surface area contributed by atoms with Crippen LogP contribution in [0.2, 0.25) is 0 Å². The van der Waals surface area contributed by atoms with Crippen LogP contribution in [0, 0.1) is 0 Å². The summed E-state index contributed by atoms with van der Waals surface area (Å²) in [6.45, 7) is 1.72. The van der Waals surface area contributed by atoms with E-state index in [0.29, 0.717) is 24.0 Å². The van der Waals surface area contributed by atoms with Crippen LogP contribution in [0.1, 0.15) is 41.3 Å². The summed E-state index contributed by atoms with van der Waals surface area (Å²) in [5.74, 6) is -3.19. The highest BCUT2D eigenvalue weighted by molar-refractivity contribution is 7.99. The maximum Gasteiger partial charge on any atom is 0.343 e. The van der Waals surface area contributed by atoms with Crippen molar-refractivity contribution in [3.63, 3.8) is 0 Å². The van der Waals surface area contributed by atoms with Gasteiger partial charge in [-0.1, -0.05) is 30.3 Å². The summed E-state index contributed by atoms with van der Waals surface area (Å²) in [6.07, 6.45) is 2.13. The molecule has 5 N–H and O–H groups in total. The first-order chi connectivity index (χ1) is 18.0. The molecular weight excluding hydrogens is 518 g/mol. The zero-order valence-electron chi connectivity index (χ0n) is 20.4. The summed E-state index contributed by atoms with van der Waals surface area (Å²) in [5.41, 5.74) is 0.654. The number of aromatic hydroxyl groups is 1. The van der Waals surface area contributed by atoms with E-state index in [1.807, 2.05) is 4.72 Å². The Morgan fingerprint density at radius 1 is 1.08 bits per heavy atom. The number of carboxylic acid groups (broad SMARTS) is 1. The van der Waals surface area contributed by atoms with Crippen LogP contribution < -0.4 is 20.1 Å². The normalized spacial score (nSPS) is 14.7. The van der Waals surface area contributed by atoms with E-state index in [2.05, 4.69) is 10.6 Å². The van der Waals surface area contributed by atoms with Gasteiger partial charge in [-0.25, -0.2) is 17.9 Å². The van der Waals surface area contributed by atoms with E-state index in [1.165, 1.54) is 37.3 Å². The lowest BCUT2D eigenvalue weighted by Gasteiger charge is -2.18. The number of unbranched alkanes of at least 4 members (excludes halogenated alkanes) is 1. The van der Waals surface area contributed by atoms with Crippen LogP contribution in [-0.4, -0.2) is 61.5 Å². The minimum atomic E-state index is -3.90. The molecule has 1 heterocycles. The number of ether oxygens (including phenoxy) is 1. The lowest BCUT2D eigenvalue weighted by Crippen LogP contribution is -2.47. The number of sulfonamides is 1. The Morgan fingerprint density at radius 3 is 2.39 bits per heavy atom. The second kappa shape index (κ2) is 12.2. The number of benzene rings is 2. The molecule has 0 saturated heterocycles. The maximum absolute atomic E-state index is 12.7. The molecule has 13 heteroatoms. The molecule has 0 radical (unpaired) electrons. The topological polar surface area (TPSA) is 188 Å². The Hall–Kier alpha value is -4.39. The molecule has 2 aromatic rings. The van der Waals surface area contributed by atoms with Crippen LogP contribution in [0.4, 0.5) is 0 Å². The number of amides is 3. The molecule has 1 atom stereocenters. The molecule has 12 nitrogen and oxygen atoms in total. The summed E-state index contributed by atoms with van der Waals surface area (Å²) < 4.78 is 31.3. The van der Waals surface area contributed by atoms with Gasteiger partial charge in [0.25, 0.3) is 15.9 Å². The monoisotopic (exact) mass is 545 g/mol. The first kappa shape index (κ1) is 28.2. The van der Waals surface area contributed by atoms with Crippen molar-refractivity contribution in [3.05, 3.63) is 65.2 Å². The average molecular weight is 546 g/mol. The molecule has 0 aromatic heterocycles. The Balaban J connectivity index is 1.51. The van der Waals surface area contributed by atoms with Crippen LogP contribution in [0.3, 0.4) is 0 Å². The fraction of sp³-hybridized carbons (Fsp3) is 0.280. The SMILES string of the molecule is CC(=O)N[C@@H](Cc1ccc(C2=CC(=O)NS2(=O)=O)cc1)C(=O)NCCCCOc1cccc(O)c1C(=O)O. The highest BCUT2D eigenvalue weighted by Gasteiger charge is 2.29. The highest BCUT2D eigenvalue weighted by atomic mass is 32.2. The van der Waals surface area contributed by atoms with Crippen molar-refractivity contribution in [1.82, 2.24) is 15.4 Å². The van der Waals surface area contributed by atoms with Gasteiger partial charge in [0.1, 0.15) is 28.0 Å². The third-order valence-electron chi connectivity index (χ3n) is 5.50. The Bertz CT molecular complexity index is 1370. The predicted octanol–water partition coefficient (Wildman–Crippen LogP) is 0.914.